The van der Waals surface area contributed by atoms with Crippen molar-refractivity contribution in [1.82, 2.24) is 5.32 Å². The van der Waals surface area contributed by atoms with E-state index in [2.05, 4.69) is 67.8 Å². The van der Waals surface area contributed by atoms with Gasteiger partial charge in [0, 0.05) is 0 Å². The Bertz CT molecular complexity index is 1490. The minimum absolute atomic E-state index is 0.247. The van der Waals surface area contributed by atoms with E-state index in [-0.39, 0.29) is 12.8 Å². The second kappa shape index (κ2) is 60.4. The van der Waals surface area contributed by atoms with Gasteiger partial charge in [-0.15, -0.1) is 0 Å². The molecule has 0 aromatic carbocycles. The van der Waals surface area contributed by atoms with E-state index >= 15 is 0 Å². The average Bonchev–Trinajstić information content (AvgIpc) is 3.68. The molecular weight excluding hydrogens is 1040 g/mol. The van der Waals surface area contributed by atoms with Crippen LogP contribution < -0.4 is 5.32 Å². The number of aliphatic hydroxyl groups excluding tert-OH is 7. The number of allylic oxidation sites excluding steroid dienone is 8. The van der Waals surface area contributed by atoms with Gasteiger partial charge in [0.15, 0.2) is 6.29 Å². The molecule has 0 radical (unpaired) electrons. The van der Waals surface area contributed by atoms with Crippen LogP contribution in [0.1, 0.15) is 335 Å². The molecule has 1 aliphatic rings. The molecule has 488 valence electrons. The summed E-state index contributed by atoms with van der Waals surface area (Å²) in [6.07, 6.45) is 67.8. The quantitative estimate of drug-likeness (QED) is 0.0215. The maximum atomic E-state index is 13.2. The number of carbonyl (C=O) groups is 1. The van der Waals surface area contributed by atoms with Gasteiger partial charge in [-0.25, -0.2) is 0 Å². The van der Waals surface area contributed by atoms with Crippen molar-refractivity contribution in [2.75, 3.05) is 13.2 Å². The molecule has 1 amide bonds. The van der Waals surface area contributed by atoms with Gasteiger partial charge in [0.05, 0.1) is 25.4 Å². The highest BCUT2D eigenvalue weighted by molar-refractivity contribution is 5.80. The Hall–Kier alpha value is -1.93. The first-order valence-electron chi connectivity index (χ1n) is 35.5. The van der Waals surface area contributed by atoms with Crippen LogP contribution >= 0.6 is 0 Å². The molecule has 83 heavy (non-hydrogen) atoms. The maximum absolute atomic E-state index is 13.2. The fraction of sp³-hybridized carbons (Fsp3) is 0.875. The highest BCUT2D eigenvalue weighted by Gasteiger charge is 2.44. The summed E-state index contributed by atoms with van der Waals surface area (Å²) in [6.45, 7) is 3.48. The highest BCUT2D eigenvalue weighted by Crippen LogP contribution is 2.24. The average molecular weight is 1170 g/mol. The lowest BCUT2D eigenvalue weighted by Gasteiger charge is -2.40. The number of aliphatic hydroxyl groups is 7. The summed E-state index contributed by atoms with van der Waals surface area (Å²) in [5, 5.41) is 76.4. The number of hydrogen-bond donors (Lipinski definition) is 8. The normalized spacial score (nSPS) is 19.3. The molecule has 1 rings (SSSR count). The molecular formula is C72H135NO10. The Morgan fingerprint density at radius 1 is 0.422 bits per heavy atom. The standard InChI is InChI=1S/C72H135NO10/c1-3-5-7-9-11-13-15-17-19-21-23-25-26-27-28-29-30-31-32-33-34-35-36-37-38-39-40-42-44-46-48-50-52-54-56-58-60-65(76)71(81)73-63(62-82-72-70(80)69(79)68(78)66(61-74)83-72)67(77)64(75)59-57-55-53-51-49-47-45-43-41-24-22-20-18-16-14-12-10-8-6-4-2/h28-29,31-32,43,45,51,53,63-70,72,74-80H,3-27,30,33-42,44,46-50,52,54-62H2,1-2H3,(H,73,81)/b29-28-,32-31-,45-43+,53-51+. The Kier molecular flexibility index (Phi) is 57.5. The molecule has 9 atom stereocenters. The minimum atomic E-state index is -1.67. The number of nitrogens with one attached hydrogen (secondary N) is 1. The second-order valence-corrected chi connectivity index (χ2v) is 24.9. The third-order valence-electron chi connectivity index (χ3n) is 17.1. The molecule has 1 fully saturated rings. The van der Waals surface area contributed by atoms with Crippen LogP contribution in [-0.2, 0) is 14.3 Å². The summed E-state index contributed by atoms with van der Waals surface area (Å²) in [4.78, 5) is 13.2. The van der Waals surface area contributed by atoms with Crippen molar-refractivity contribution in [1.29, 1.82) is 0 Å². The third-order valence-corrected chi connectivity index (χ3v) is 17.1. The molecule has 0 spiro atoms. The summed E-state index contributed by atoms with van der Waals surface area (Å²) >= 11 is 0. The molecule has 9 unspecified atom stereocenters. The first kappa shape index (κ1) is 79.1. The van der Waals surface area contributed by atoms with Crippen molar-refractivity contribution in [2.24, 2.45) is 0 Å². The van der Waals surface area contributed by atoms with E-state index in [0.29, 0.717) is 19.3 Å². The minimum Gasteiger partial charge on any atom is -0.394 e. The Morgan fingerprint density at radius 3 is 1.14 bits per heavy atom. The van der Waals surface area contributed by atoms with Crippen LogP contribution in [0.25, 0.3) is 0 Å². The molecule has 8 N–H and O–H groups in total. The number of carbonyl (C=O) groups excluding carboxylic acids is 1. The summed E-state index contributed by atoms with van der Waals surface area (Å²) in [7, 11) is 0. The number of unbranched alkanes of at least 4 members (excludes halogenated alkanes) is 42. The van der Waals surface area contributed by atoms with Crippen molar-refractivity contribution < 1.29 is 50.0 Å². The summed E-state index contributed by atoms with van der Waals surface area (Å²) in [5.74, 6) is -0.707. The van der Waals surface area contributed by atoms with Crippen LogP contribution in [0.15, 0.2) is 48.6 Å². The van der Waals surface area contributed by atoms with Gasteiger partial charge in [-0.05, 0) is 83.5 Å². The largest absolute Gasteiger partial charge is 0.394 e. The number of ether oxygens (including phenoxy) is 2. The van der Waals surface area contributed by atoms with Gasteiger partial charge < -0.3 is 50.5 Å². The number of rotatable bonds is 62. The Morgan fingerprint density at radius 2 is 0.759 bits per heavy atom. The molecule has 0 aliphatic carbocycles. The van der Waals surface area contributed by atoms with Crippen LogP contribution in [0.2, 0.25) is 0 Å². The van der Waals surface area contributed by atoms with E-state index < -0.39 is 74.2 Å². The van der Waals surface area contributed by atoms with E-state index in [4.69, 9.17) is 9.47 Å². The molecule has 11 nitrogen and oxygen atoms in total. The predicted octanol–water partition coefficient (Wildman–Crippen LogP) is 17.1. The smallest absolute Gasteiger partial charge is 0.249 e. The lowest BCUT2D eigenvalue weighted by atomic mass is 9.98. The topological polar surface area (TPSA) is 189 Å². The summed E-state index contributed by atoms with van der Waals surface area (Å²) in [6, 6.07) is -1.19. The molecule has 0 aromatic rings. The summed E-state index contributed by atoms with van der Waals surface area (Å²) in [5.41, 5.74) is 0. The number of amides is 1. The zero-order valence-electron chi connectivity index (χ0n) is 53.9. The van der Waals surface area contributed by atoms with Crippen molar-refractivity contribution in [3.05, 3.63) is 48.6 Å². The number of hydrogen-bond acceptors (Lipinski definition) is 10. The molecule has 0 saturated carbocycles. The Balaban J connectivity index is 2.18. The maximum Gasteiger partial charge on any atom is 0.249 e. The van der Waals surface area contributed by atoms with Crippen LogP contribution in [0.3, 0.4) is 0 Å². The molecule has 0 bridgehead atoms. The predicted molar refractivity (Wildman–Crippen MR) is 348 cm³/mol. The van der Waals surface area contributed by atoms with Gasteiger partial charge in [-0.1, -0.05) is 300 Å². The van der Waals surface area contributed by atoms with Gasteiger partial charge in [0.1, 0.15) is 36.6 Å². The second-order valence-electron chi connectivity index (χ2n) is 24.9. The molecule has 11 heteroatoms. The van der Waals surface area contributed by atoms with Crippen molar-refractivity contribution in [3.8, 4) is 0 Å². The van der Waals surface area contributed by atoms with Crippen LogP contribution in [0.5, 0.6) is 0 Å². The van der Waals surface area contributed by atoms with Crippen molar-refractivity contribution in [2.45, 2.75) is 390 Å². The highest BCUT2D eigenvalue weighted by atomic mass is 16.7. The van der Waals surface area contributed by atoms with E-state index in [1.54, 1.807) is 0 Å². The lowest BCUT2D eigenvalue weighted by Crippen LogP contribution is -2.60. The van der Waals surface area contributed by atoms with Gasteiger partial charge in [0.25, 0.3) is 0 Å². The van der Waals surface area contributed by atoms with E-state index in [1.807, 2.05) is 0 Å². The van der Waals surface area contributed by atoms with Crippen LogP contribution in [0.4, 0.5) is 0 Å². The summed E-state index contributed by atoms with van der Waals surface area (Å²) < 4.78 is 11.2. The first-order chi connectivity index (χ1) is 40.7. The zero-order valence-corrected chi connectivity index (χ0v) is 53.9. The third kappa shape index (κ3) is 47.8. The van der Waals surface area contributed by atoms with Gasteiger partial charge >= 0.3 is 0 Å². The van der Waals surface area contributed by atoms with E-state index in [9.17, 15) is 40.5 Å². The van der Waals surface area contributed by atoms with Gasteiger partial charge in [-0.3, -0.25) is 4.79 Å². The monoisotopic (exact) mass is 1170 g/mol. The van der Waals surface area contributed by atoms with Crippen LogP contribution in [-0.4, -0.2) is 110 Å². The van der Waals surface area contributed by atoms with Crippen molar-refractivity contribution >= 4 is 5.91 Å². The molecule has 1 aliphatic heterocycles. The lowest BCUT2D eigenvalue weighted by molar-refractivity contribution is -0.303. The fourth-order valence-corrected chi connectivity index (χ4v) is 11.4. The van der Waals surface area contributed by atoms with Crippen molar-refractivity contribution in [3.63, 3.8) is 0 Å². The first-order valence-corrected chi connectivity index (χ1v) is 35.5. The molecule has 0 aromatic heterocycles. The van der Waals surface area contributed by atoms with E-state index in [0.717, 1.165) is 44.9 Å². The SMILES string of the molecule is CCCCCCCCCCCCC/C=C/CC/C=C/CCCC(O)C(O)C(COC1OC(CO)C(O)C(O)C1O)NC(=O)C(O)CCCCCCCCCCCCCCCCCC/C=C\C/C=C\CCCCCCCCCCCCCCC. The van der Waals surface area contributed by atoms with Gasteiger partial charge in [-0.2, -0.15) is 0 Å². The van der Waals surface area contributed by atoms with Crippen LogP contribution in [0, 0.1) is 0 Å². The molecule has 1 heterocycles. The fourth-order valence-electron chi connectivity index (χ4n) is 11.4. The van der Waals surface area contributed by atoms with E-state index in [1.165, 1.54) is 244 Å². The molecule has 1 saturated heterocycles. The van der Waals surface area contributed by atoms with Gasteiger partial charge in [0.2, 0.25) is 5.91 Å². The zero-order chi connectivity index (χ0) is 60.3. The Labute approximate surface area is 510 Å².